The molecule has 0 aliphatic carbocycles. The second-order valence-electron chi connectivity index (χ2n) is 5.34. The summed E-state index contributed by atoms with van der Waals surface area (Å²) in [6, 6.07) is 7.64. The third-order valence-corrected chi connectivity index (χ3v) is 3.53. The molecule has 1 aromatic rings. The summed E-state index contributed by atoms with van der Waals surface area (Å²) in [7, 11) is 0. The van der Waals surface area contributed by atoms with Gasteiger partial charge in [0.05, 0.1) is 0 Å². The number of benzene rings is 1. The van der Waals surface area contributed by atoms with Crippen LogP contribution in [0, 0.1) is 0 Å². The standard InChI is InChI=1S/C16H22Cl2N2O3/c1-10(2)12-6-4-5-7-13(12)23-11(3)15(21)19-8-9-20-16(22)14(17)18/h4-7,10-11,14H,8-9H2,1-3H3,(H,19,21)(H,20,22). The van der Waals surface area contributed by atoms with Crippen LogP contribution in [0.15, 0.2) is 24.3 Å². The van der Waals surface area contributed by atoms with Crippen molar-refractivity contribution >= 4 is 35.0 Å². The van der Waals surface area contributed by atoms with Crippen LogP contribution in [0.5, 0.6) is 5.75 Å². The van der Waals surface area contributed by atoms with Gasteiger partial charge < -0.3 is 15.4 Å². The molecule has 2 N–H and O–H groups in total. The Labute approximate surface area is 146 Å². The van der Waals surface area contributed by atoms with Crippen molar-refractivity contribution in [2.24, 2.45) is 0 Å². The van der Waals surface area contributed by atoms with E-state index < -0.39 is 16.8 Å². The molecule has 0 aliphatic heterocycles. The molecule has 7 heteroatoms. The van der Waals surface area contributed by atoms with Gasteiger partial charge >= 0.3 is 0 Å². The minimum Gasteiger partial charge on any atom is -0.481 e. The predicted octanol–water partition coefficient (Wildman–Crippen LogP) is 2.61. The molecule has 1 unspecified atom stereocenters. The third kappa shape index (κ3) is 6.67. The van der Waals surface area contributed by atoms with Crippen molar-refractivity contribution in [3.63, 3.8) is 0 Å². The maximum atomic E-state index is 12.0. The smallest absolute Gasteiger partial charge is 0.260 e. The van der Waals surface area contributed by atoms with E-state index in [1.807, 2.05) is 24.3 Å². The molecule has 5 nitrogen and oxygen atoms in total. The van der Waals surface area contributed by atoms with Crippen LogP contribution in [-0.4, -0.2) is 35.8 Å². The molecule has 0 heterocycles. The van der Waals surface area contributed by atoms with Crippen molar-refractivity contribution in [3.8, 4) is 5.75 Å². The second kappa shape index (κ2) is 9.63. The Bertz CT molecular complexity index is 536. The number of para-hydroxylation sites is 1. The van der Waals surface area contributed by atoms with Crippen molar-refractivity contribution in [1.29, 1.82) is 0 Å². The van der Waals surface area contributed by atoms with E-state index >= 15 is 0 Å². The average molecular weight is 361 g/mol. The van der Waals surface area contributed by atoms with E-state index in [-0.39, 0.29) is 19.0 Å². The highest BCUT2D eigenvalue weighted by molar-refractivity contribution is 6.53. The summed E-state index contributed by atoms with van der Waals surface area (Å²) in [5.74, 6) is 0.255. The quantitative estimate of drug-likeness (QED) is 0.553. The predicted molar refractivity (Wildman–Crippen MR) is 92.1 cm³/mol. The molecule has 0 bridgehead atoms. The Kier molecular flexibility index (Phi) is 8.20. The molecule has 128 valence electrons. The average Bonchev–Trinajstić information content (AvgIpc) is 2.51. The van der Waals surface area contributed by atoms with Crippen LogP contribution < -0.4 is 15.4 Å². The molecule has 0 aliphatic rings. The Morgan fingerprint density at radius 1 is 1.04 bits per heavy atom. The number of amides is 2. The number of hydrogen-bond acceptors (Lipinski definition) is 3. The number of halogens is 2. The van der Waals surface area contributed by atoms with Crippen molar-refractivity contribution < 1.29 is 14.3 Å². The van der Waals surface area contributed by atoms with Crippen LogP contribution in [-0.2, 0) is 9.59 Å². The molecule has 0 spiro atoms. The van der Waals surface area contributed by atoms with E-state index in [9.17, 15) is 9.59 Å². The molecule has 0 fully saturated rings. The van der Waals surface area contributed by atoms with Gasteiger partial charge in [0.1, 0.15) is 5.75 Å². The van der Waals surface area contributed by atoms with E-state index in [1.54, 1.807) is 6.92 Å². The minimum absolute atomic E-state index is 0.246. The fraction of sp³-hybridized carbons (Fsp3) is 0.500. The van der Waals surface area contributed by atoms with E-state index in [2.05, 4.69) is 24.5 Å². The lowest BCUT2D eigenvalue weighted by Crippen LogP contribution is -2.41. The Morgan fingerprint density at radius 3 is 2.17 bits per heavy atom. The SMILES string of the molecule is CC(Oc1ccccc1C(C)C)C(=O)NCCNC(=O)C(Cl)Cl. The van der Waals surface area contributed by atoms with Gasteiger partial charge in [-0.2, -0.15) is 0 Å². The summed E-state index contributed by atoms with van der Waals surface area (Å²) >= 11 is 10.8. The van der Waals surface area contributed by atoms with Crippen LogP contribution >= 0.6 is 23.2 Å². The first-order chi connectivity index (χ1) is 10.8. The first-order valence-corrected chi connectivity index (χ1v) is 8.29. The summed E-state index contributed by atoms with van der Waals surface area (Å²) in [6.07, 6.45) is -0.639. The number of alkyl halides is 2. The zero-order chi connectivity index (χ0) is 17.4. The molecule has 23 heavy (non-hydrogen) atoms. The van der Waals surface area contributed by atoms with Crippen molar-refractivity contribution in [1.82, 2.24) is 10.6 Å². The summed E-state index contributed by atoms with van der Waals surface area (Å²) in [4.78, 5) is 22.0. The van der Waals surface area contributed by atoms with Crippen LogP contribution in [0.1, 0.15) is 32.3 Å². The van der Waals surface area contributed by atoms with Crippen molar-refractivity contribution in [2.45, 2.75) is 37.6 Å². The van der Waals surface area contributed by atoms with Crippen LogP contribution in [0.25, 0.3) is 0 Å². The lowest BCUT2D eigenvalue weighted by molar-refractivity contribution is -0.127. The highest BCUT2D eigenvalue weighted by atomic mass is 35.5. The zero-order valence-corrected chi connectivity index (χ0v) is 14.9. The summed E-state index contributed by atoms with van der Waals surface area (Å²) in [5, 5.41) is 5.17. The lowest BCUT2D eigenvalue weighted by atomic mass is 10.0. The van der Waals surface area contributed by atoms with Crippen molar-refractivity contribution in [2.75, 3.05) is 13.1 Å². The van der Waals surface area contributed by atoms with Gasteiger partial charge in [0, 0.05) is 13.1 Å². The molecule has 2 amide bonds. The number of ether oxygens (including phenoxy) is 1. The molecular formula is C16H22Cl2N2O3. The Morgan fingerprint density at radius 2 is 1.61 bits per heavy atom. The molecule has 0 saturated carbocycles. The Hall–Kier alpha value is -1.46. The number of nitrogens with one attached hydrogen (secondary N) is 2. The summed E-state index contributed by atoms with van der Waals surface area (Å²) in [6.45, 7) is 6.33. The van der Waals surface area contributed by atoms with Gasteiger partial charge in [-0.3, -0.25) is 9.59 Å². The van der Waals surface area contributed by atoms with Crippen LogP contribution in [0.2, 0.25) is 0 Å². The van der Waals surface area contributed by atoms with Gasteiger partial charge in [-0.15, -0.1) is 0 Å². The second-order valence-corrected chi connectivity index (χ2v) is 6.43. The zero-order valence-electron chi connectivity index (χ0n) is 13.4. The monoisotopic (exact) mass is 360 g/mol. The van der Waals surface area contributed by atoms with Gasteiger partial charge in [0.25, 0.3) is 11.8 Å². The number of hydrogen-bond donors (Lipinski definition) is 2. The molecular weight excluding hydrogens is 339 g/mol. The van der Waals surface area contributed by atoms with Gasteiger partial charge in [-0.1, -0.05) is 55.2 Å². The molecule has 0 radical (unpaired) electrons. The number of carbonyl (C=O) groups excluding carboxylic acids is 2. The molecule has 0 saturated heterocycles. The summed E-state index contributed by atoms with van der Waals surface area (Å²) < 4.78 is 5.74. The first-order valence-electron chi connectivity index (χ1n) is 7.42. The van der Waals surface area contributed by atoms with E-state index in [0.717, 1.165) is 5.56 Å². The fourth-order valence-electron chi connectivity index (χ4n) is 1.90. The Balaban J connectivity index is 2.44. The lowest BCUT2D eigenvalue weighted by Gasteiger charge is -2.18. The highest BCUT2D eigenvalue weighted by Gasteiger charge is 2.17. The van der Waals surface area contributed by atoms with E-state index in [4.69, 9.17) is 27.9 Å². The van der Waals surface area contributed by atoms with Crippen molar-refractivity contribution in [3.05, 3.63) is 29.8 Å². The summed E-state index contributed by atoms with van der Waals surface area (Å²) in [5.41, 5.74) is 1.05. The van der Waals surface area contributed by atoms with E-state index in [0.29, 0.717) is 11.7 Å². The van der Waals surface area contributed by atoms with Crippen LogP contribution in [0.4, 0.5) is 0 Å². The van der Waals surface area contributed by atoms with Gasteiger partial charge in [0.15, 0.2) is 10.9 Å². The molecule has 1 atom stereocenters. The van der Waals surface area contributed by atoms with Gasteiger partial charge in [-0.05, 0) is 24.5 Å². The number of rotatable bonds is 8. The van der Waals surface area contributed by atoms with Crippen LogP contribution in [0.3, 0.4) is 0 Å². The minimum atomic E-state index is -1.11. The first kappa shape index (κ1) is 19.6. The largest absolute Gasteiger partial charge is 0.481 e. The normalized spacial score (nSPS) is 12.1. The maximum absolute atomic E-state index is 12.0. The van der Waals surface area contributed by atoms with Gasteiger partial charge in [0.2, 0.25) is 0 Å². The molecule has 0 aromatic heterocycles. The maximum Gasteiger partial charge on any atom is 0.260 e. The van der Waals surface area contributed by atoms with E-state index in [1.165, 1.54) is 0 Å². The third-order valence-electron chi connectivity index (χ3n) is 3.14. The van der Waals surface area contributed by atoms with Gasteiger partial charge in [-0.25, -0.2) is 0 Å². The number of carbonyl (C=O) groups is 2. The topological polar surface area (TPSA) is 67.4 Å². The molecule has 1 aromatic carbocycles. The fourth-order valence-corrected chi connectivity index (χ4v) is 2.06. The highest BCUT2D eigenvalue weighted by Crippen LogP contribution is 2.26. The molecule has 1 rings (SSSR count).